The molecule has 0 saturated carbocycles. The summed E-state index contributed by atoms with van der Waals surface area (Å²) >= 11 is 0. The molecule has 2 aromatic rings. The van der Waals surface area contributed by atoms with Crippen LogP contribution in [0.2, 0.25) is 0 Å². The Morgan fingerprint density at radius 2 is 2.05 bits per heavy atom. The fourth-order valence-electron chi connectivity index (χ4n) is 2.60. The Bertz CT molecular complexity index is 519. The van der Waals surface area contributed by atoms with Crippen molar-refractivity contribution in [2.75, 3.05) is 26.8 Å². The Morgan fingerprint density at radius 3 is 2.85 bits per heavy atom. The van der Waals surface area contributed by atoms with Crippen molar-refractivity contribution < 1.29 is 4.74 Å². The van der Waals surface area contributed by atoms with E-state index in [0.717, 1.165) is 32.7 Å². The van der Waals surface area contributed by atoms with Gasteiger partial charge in [-0.1, -0.05) is 25.1 Å². The predicted octanol–water partition coefficient (Wildman–Crippen LogP) is 3.22. The zero-order valence-corrected chi connectivity index (χ0v) is 12.7. The molecule has 20 heavy (non-hydrogen) atoms. The maximum atomic E-state index is 5.20. The van der Waals surface area contributed by atoms with E-state index < -0.39 is 0 Å². The van der Waals surface area contributed by atoms with E-state index in [1.54, 1.807) is 7.11 Å². The number of para-hydroxylation sites is 1. The molecule has 0 amide bonds. The molecule has 1 aromatic heterocycles. The fourth-order valence-corrected chi connectivity index (χ4v) is 2.60. The average molecular weight is 274 g/mol. The van der Waals surface area contributed by atoms with Crippen LogP contribution in [0.1, 0.15) is 25.3 Å². The van der Waals surface area contributed by atoms with E-state index in [1.165, 1.54) is 29.3 Å². The van der Waals surface area contributed by atoms with Crippen molar-refractivity contribution >= 4 is 10.9 Å². The third-order valence-electron chi connectivity index (χ3n) is 3.63. The summed E-state index contributed by atoms with van der Waals surface area (Å²) in [4.78, 5) is 0. The Labute approximate surface area is 121 Å². The zero-order valence-electron chi connectivity index (χ0n) is 12.7. The first-order valence-electron chi connectivity index (χ1n) is 7.63. The molecule has 0 aliphatic heterocycles. The third-order valence-corrected chi connectivity index (χ3v) is 3.63. The second-order valence-electron chi connectivity index (χ2n) is 5.21. The summed E-state index contributed by atoms with van der Waals surface area (Å²) < 4.78 is 7.51. The number of aryl methyl sites for hydroxylation is 1. The summed E-state index contributed by atoms with van der Waals surface area (Å²) in [5.74, 6) is 0. The number of nitrogens with one attached hydrogen (secondary N) is 1. The lowest BCUT2D eigenvalue weighted by atomic mass is 10.1. The molecule has 0 aliphatic rings. The minimum Gasteiger partial charge on any atom is -0.383 e. The van der Waals surface area contributed by atoms with Crippen LogP contribution in [0.15, 0.2) is 30.5 Å². The molecular formula is C17H26N2O. The van der Waals surface area contributed by atoms with Gasteiger partial charge in [0.15, 0.2) is 0 Å². The van der Waals surface area contributed by atoms with E-state index in [-0.39, 0.29) is 0 Å². The van der Waals surface area contributed by atoms with Crippen molar-refractivity contribution in [2.24, 2.45) is 0 Å². The molecule has 0 spiro atoms. The SMILES string of the molecule is CCCNCCCc1cn(CCOC)c2ccccc12. The van der Waals surface area contributed by atoms with Crippen molar-refractivity contribution in [1.82, 2.24) is 9.88 Å². The van der Waals surface area contributed by atoms with Gasteiger partial charge in [0, 0.05) is 30.8 Å². The van der Waals surface area contributed by atoms with E-state index in [9.17, 15) is 0 Å². The highest BCUT2D eigenvalue weighted by Gasteiger charge is 2.07. The molecular weight excluding hydrogens is 248 g/mol. The lowest BCUT2D eigenvalue weighted by Gasteiger charge is -2.03. The summed E-state index contributed by atoms with van der Waals surface area (Å²) in [7, 11) is 1.76. The Balaban J connectivity index is 2.04. The van der Waals surface area contributed by atoms with Crippen LogP contribution in [-0.2, 0) is 17.7 Å². The highest BCUT2D eigenvalue weighted by atomic mass is 16.5. The number of nitrogens with zero attached hydrogens (tertiary/aromatic N) is 1. The first-order valence-corrected chi connectivity index (χ1v) is 7.63. The standard InChI is InChI=1S/C17H26N2O/c1-3-10-18-11-6-7-15-14-19(12-13-20-2)17-9-5-4-8-16(15)17/h4-5,8-9,14,18H,3,6-7,10-13H2,1-2H3. The molecule has 0 unspecified atom stereocenters. The molecule has 1 N–H and O–H groups in total. The largest absolute Gasteiger partial charge is 0.383 e. The number of fused-ring (bicyclic) bond motifs is 1. The van der Waals surface area contributed by atoms with Gasteiger partial charge in [-0.2, -0.15) is 0 Å². The summed E-state index contributed by atoms with van der Waals surface area (Å²) in [5.41, 5.74) is 2.77. The number of hydrogen-bond acceptors (Lipinski definition) is 2. The van der Waals surface area contributed by atoms with Crippen LogP contribution in [-0.4, -0.2) is 31.4 Å². The van der Waals surface area contributed by atoms with Crippen molar-refractivity contribution in [3.05, 3.63) is 36.0 Å². The van der Waals surface area contributed by atoms with Crippen molar-refractivity contribution in [3.8, 4) is 0 Å². The highest BCUT2D eigenvalue weighted by Crippen LogP contribution is 2.22. The smallest absolute Gasteiger partial charge is 0.0641 e. The van der Waals surface area contributed by atoms with Gasteiger partial charge < -0.3 is 14.6 Å². The molecule has 1 aromatic carbocycles. The van der Waals surface area contributed by atoms with Crippen molar-refractivity contribution in [2.45, 2.75) is 32.7 Å². The Morgan fingerprint density at radius 1 is 1.20 bits per heavy atom. The van der Waals surface area contributed by atoms with Crippen molar-refractivity contribution in [1.29, 1.82) is 0 Å². The number of hydrogen-bond donors (Lipinski definition) is 1. The van der Waals surface area contributed by atoms with Gasteiger partial charge in [0.1, 0.15) is 0 Å². The number of rotatable bonds is 9. The first kappa shape index (κ1) is 15.1. The molecule has 0 saturated heterocycles. The predicted molar refractivity (Wildman–Crippen MR) is 85.3 cm³/mol. The number of aromatic nitrogens is 1. The highest BCUT2D eigenvalue weighted by molar-refractivity contribution is 5.83. The van der Waals surface area contributed by atoms with Gasteiger partial charge >= 0.3 is 0 Å². The van der Waals surface area contributed by atoms with E-state index in [2.05, 4.69) is 47.3 Å². The minimum absolute atomic E-state index is 0.760. The van der Waals surface area contributed by atoms with Crippen LogP contribution >= 0.6 is 0 Å². The molecule has 3 heteroatoms. The minimum atomic E-state index is 0.760. The van der Waals surface area contributed by atoms with Gasteiger partial charge in [-0.15, -0.1) is 0 Å². The number of benzene rings is 1. The monoisotopic (exact) mass is 274 g/mol. The van der Waals surface area contributed by atoms with Crippen LogP contribution < -0.4 is 5.32 Å². The molecule has 0 fully saturated rings. The van der Waals surface area contributed by atoms with Crippen LogP contribution in [0.3, 0.4) is 0 Å². The third kappa shape index (κ3) is 3.84. The quantitative estimate of drug-likeness (QED) is 0.711. The summed E-state index contributed by atoms with van der Waals surface area (Å²) in [6.45, 7) is 6.11. The maximum absolute atomic E-state index is 5.20. The molecule has 0 atom stereocenters. The van der Waals surface area contributed by atoms with Gasteiger partial charge in [0.2, 0.25) is 0 Å². The first-order chi connectivity index (χ1) is 9.86. The average Bonchev–Trinajstić information content (AvgIpc) is 2.83. The number of methoxy groups -OCH3 is 1. The number of ether oxygens (including phenoxy) is 1. The summed E-state index contributed by atoms with van der Waals surface area (Å²) in [5, 5.41) is 4.86. The summed E-state index contributed by atoms with van der Waals surface area (Å²) in [6.07, 6.45) is 5.83. The molecule has 3 nitrogen and oxygen atoms in total. The Kier molecular flexibility index (Phi) is 6.09. The molecule has 2 rings (SSSR count). The maximum Gasteiger partial charge on any atom is 0.0641 e. The van der Waals surface area contributed by atoms with Crippen LogP contribution in [0.25, 0.3) is 10.9 Å². The Hall–Kier alpha value is -1.32. The lowest BCUT2D eigenvalue weighted by molar-refractivity contribution is 0.188. The lowest BCUT2D eigenvalue weighted by Crippen LogP contribution is -2.16. The fraction of sp³-hybridized carbons (Fsp3) is 0.529. The van der Waals surface area contributed by atoms with Crippen LogP contribution in [0.5, 0.6) is 0 Å². The molecule has 0 bridgehead atoms. The molecule has 0 aliphatic carbocycles. The topological polar surface area (TPSA) is 26.2 Å². The van der Waals surface area contributed by atoms with Gasteiger partial charge in [-0.25, -0.2) is 0 Å². The second-order valence-corrected chi connectivity index (χ2v) is 5.21. The van der Waals surface area contributed by atoms with Crippen LogP contribution in [0.4, 0.5) is 0 Å². The van der Waals surface area contributed by atoms with Gasteiger partial charge in [0.25, 0.3) is 0 Å². The molecule has 110 valence electrons. The molecule has 0 radical (unpaired) electrons. The van der Waals surface area contributed by atoms with E-state index in [0.29, 0.717) is 0 Å². The zero-order chi connectivity index (χ0) is 14.2. The summed E-state index contributed by atoms with van der Waals surface area (Å²) in [6, 6.07) is 8.66. The van der Waals surface area contributed by atoms with E-state index >= 15 is 0 Å². The van der Waals surface area contributed by atoms with E-state index in [1.807, 2.05) is 0 Å². The van der Waals surface area contributed by atoms with Gasteiger partial charge in [0.05, 0.1) is 6.61 Å². The molecule has 1 heterocycles. The van der Waals surface area contributed by atoms with Gasteiger partial charge in [-0.05, 0) is 44.0 Å². The van der Waals surface area contributed by atoms with E-state index in [4.69, 9.17) is 4.74 Å². The van der Waals surface area contributed by atoms with Crippen LogP contribution in [0, 0.1) is 0 Å². The second kappa shape index (κ2) is 8.08. The van der Waals surface area contributed by atoms with Gasteiger partial charge in [-0.3, -0.25) is 0 Å². The normalized spacial score (nSPS) is 11.3. The van der Waals surface area contributed by atoms with Crippen molar-refractivity contribution in [3.63, 3.8) is 0 Å².